The minimum absolute atomic E-state index is 0.0402. The Morgan fingerprint density at radius 2 is 1.15 bits per heavy atom. The third-order valence-corrected chi connectivity index (χ3v) is 23.6. The standard InChI is InChI=1S/C90H117F2N15O18S/c1-10-11-27-72(89(124)106-35-20-28-71(106)83(118)97-59(48-108)43-78(113)114)103(7)88(123)75(41-55-23-16-13-17-24-55)105(9)86(121)69(39-57-31-34-63(91)64(92)37-57)98-77(112)50-126-49-53(6)96-80(115)66(36-51(2)3)99-81(116)67(38-56-29-32-60(109)33-30-56)100-82(117)68(42-58-46-95-65-26-19-18-25-62(58)65)101-85(120)74-44-61(110)47-107(74)87(122)70(45-76(93)111)102-84(119)73(40-54-21-14-12-15-22-54)104(8)90(125)79(94)52(4)5/h12-19,21-26,29-34,37,46,48,51-53,59,61,66-75,79,95,109-110H,10-11,20,27-28,35-36,38-45,47,49-50,94H2,1-9H3,(H2,93,111)(H,96,115)(H,97,118)(H,98,112)(H,99,116)(H,100,117)(H,101,120)(H,102,119)(H,113,114)/t53-,59+,61-,66+,67+,68+,69+,70+,71-,72+,73?,74?,75+,79+/m1/s1. The van der Waals surface area contributed by atoms with Crippen molar-refractivity contribution in [1.82, 2.24) is 66.7 Å². The fourth-order valence-corrected chi connectivity index (χ4v) is 16.3. The number of aromatic amines is 1. The molecule has 0 spiro atoms. The molecule has 126 heavy (non-hydrogen) atoms. The number of fused-ring (bicyclic) bond motifs is 1. The van der Waals surface area contributed by atoms with Crippen LogP contribution in [-0.2, 0) is 104 Å². The molecule has 2 aliphatic rings. The Bertz CT molecular complexity index is 4820. The Labute approximate surface area is 734 Å². The molecule has 1 aromatic heterocycles. The average Bonchev–Trinajstić information content (AvgIpc) is 1.41. The predicted molar refractivity (Wildman–Crippen MR) is 465 cm³/mol. The number of phenolic OH excluding ortho intramolecular Hbond substituents is 1. The number of aromatic hydroxyl groups is 1. The molecule has 3 heterocycles. The lowest BCUT2D eigenvalue weighted by Crippen LogP contribution is -2.61. The first kappa shape index (κ1) is 99.2. The minimum Gasteiger partial charge on any atom is -0.508 e. The lowest BCUT2D eigenvalue weighted by molar-refractivity contribution is -0.152. The summed E-state index contributed by atoms with van der Waals surface area (Å²) < 4.78 is 29.5. The van der Waals surface area contributed by atoms with Crippen molar-refractivity contribution < 1.29 is 96.0 Å². The zero-order valence-corrected chi connectivity index (χ0v) is 73.1. The number of nitrogens with zero attached hydrogens (tertiary/aromatic N) is 5. The number of carbonyl (C=O) groups is 15. The van der Waals surface area contributed by atoms with Gasteiger partial charge in [-0.2, -0.15) is 0 Å². The van der Waals surface area contributed by atoms with Gasteiger partial charge in [0.2, 0.25) is 76.8 Å². The SMILES string of the molecule is CCCC[C@@H](C(=O)N1CCC[C@@H]1C(=O)N[C@H](C=O)CC(=O)O)N(C)C(=O)[C@H](Cc1ccccc1)N(C)C(=O)[C@H](Cc1ccc(F)c(F)c1)NC(=O)CSC[C@@H](C)NC(=O)[C@H](CC(C)C)NC(=O)[C@H](Cc1ccc(O)cc1)NC(=O)[C@H](Cc1c[nH]c2ccccc12)NC(=O)C1C[C@@H](O)CN1C(=O)[C@H](CC(N)=O)NC(=O)C(Cc1ccccc1)N(C)C(=O)[C@@H](N)C(C)C. The van der Waals surface area contributed by atoms with Crippen molar-refractivity contribution in [2.75, 3.05) is 45.7 Å². The molecule has 33 nitrogen and oxygen atoms in total. The normalized spacial score (nSPS) is 17.0. The molecule has 0 radical (unpaired) electrons. The van der Waals surface area contributed by atoms with Crippen LogP contribution in [-0.4, -0.2) is 264 Å². The summed E-state index contributed by atoms with van der Waals surface area (Å²) in [6.07, 6.45) is -0.691. The van der Waals surface area contributed by atoms with Crippen LogP contribution in [0.15, 0.2) is 134 Å². The van der Waals surface area contributed by atoms with Crippen LogP contribution in [0, 0.1) is 23.5 Å². The number of carboxylic acids is 1. The lowest BCUT2D eigenvalue weighted by atomic mass is 9.99. The van der Waals surface area contributed by atoms with E-state index in [9.17, 15) is 72.0 Å². The minimum atomic E-state index is -1.75. The highest BCUT2D eigenvalue weighted by molar-refractivity contribution is 8.00. The number of nitrogens with one attached hydrogen (secondary N) is 8. The molecule has 0 saturated carbocycles. The van der Waals surface area contributed by atoms with Crippen LogP contribution in [0.3, 0.4) is 0 Å². The Morgan fingerprint density at radius 1 is 0.587 bits per heavy atom. The Kier molecular flexibility index (Phi) is 37.2. The van der Waals surface area contributed by atoms with Crippen LogP contribution < -0.4 is 48.7 Å². The highest BCUT2D eigenvalue weighted by Crippen LogP contribution is 2.28. The molecule has 13 amide bonds. The molecule has 14 atom stereocenters. The molecule has 680 valence electrons. The van der Waals surface area contributed by atoms with Gasteiger partial charge in [-0.15, -0.1) is 11.8 Å². The number of aliphatic hydroxyl groups excluding tert-OH is 1. The summed E-state index contributed by atoms with van der Waals surface area (Å²) in [5.74, 6) is -15.4. The van der Waals surface area contributed by atoms with E-state index >= 15 is 24.0 Å². The fourth-order valence-electron chi connectivity index (χ4n) is 15.5. The molecule has 2 unspecified atom stereocenters. The second-order valence-corrected chi connectivity index (χ2v) is 34.1. The van der Waals surface area contributed by atoms with Gasteiger partial charge in [0.25, 0.3) is 0 Å². The molecular weight excluding hydrogens is 1650 g/mol. The number of primary amides is 1. The van der Waals surface area contributed by atoms with Crippen molar-refractivity contribution >= 4 is 112 Å². The van der Waals surface area contributed by atoms with Crippen LogP contribution in [0.2, 0.25) is 0 Å². The fraction of sp³-hybridized carbons (Fsp3) is 0.478. The van der Waals surface area contributed by atoms with E-state index in [0.717, 1.165) is 38.6 Å². The van der Waals surface area contributed by atoms with Crippen LogP contribution in [0.1, 0.15) is 127 Å². The van der Waals surface area contributed by atoms with E-state index < -0.39 is 205 Å². The summed E-state index contributed by atoms with van der Waals surface area (Å²) >= 11 is 1.03. The second-order valence-electron chi connectivity index (χ2n) is 33.1. The highest BCUT2D eigenvalue weighted by Gasteiger charge is 2.46. The van der Waals surface area contributed by atoms with Crippen molar-refractivity contribution in [1.29, 1.82) is 0 Å². The van der Waals surface area contributed by atoms with Crippen molar-refractivity contribution in [3.05, 3.63) is 173 Å². The monoisotopic (exact) mass is 1770 g/mol. The van der Waals surface area contributed by atoms with E-state index in [-0.39, 0.29) is 98.9 Å². The molecular formula is C90H117F2N15O18S. The number of aldehydes is 1. The topological polar surface area (TPSA) is 485 Å². The van der Waals surface area contributed by atoms with Gasteiger partial charge in [-0.1, -0.05) is 145 Å². The summed E-state index contributed by atoms with van der Waals surface area (Å²) in [4.78, 5) is 221. The van der Waals surface area contributed by atoms with Crippen LogP contribution in [0.25, 0.3) is 10.9 Å². The Hall–Kier alpha value is -12.2. The molecule has 6 aromatic rings. The summed E-state index contributed by atoms with van der Waals surface area (Å²) in [6, 6.07) is 15.7. The summed E-state index contributed by atoms with van der Waals surface area (Å²) in [5, 5.41) is 50.6. The number of carboxylic acid groups (broad SMARTS) is 1. The number of thioether (sulfide) groups is 1. The van der Waals surface area contributed by atoms with E-state index in [4.69, 9.17) is 11.5 Å². The number of H-pyrrole nitrogens is 1. The number of phenols is 1. The number of carbonyl (C=O) groups excluding carboxylic acids is 14. The third-order valence-electron chi connectivity index (χ3n) is 22.4. The molecule has 36 heteroatoms. The smallest absolute Gasteiger partial charge is 0.305 e. The van der Waals surface area contributed by atoms with Crippen molar-refractivity contribution in [2.45, 2.75) is 216 Å². The maximum Gasteiger partial charge on any atom is 0.305 e. The van der Waals surface area contributed by atoms with Gasteiger partial charge >= 0.3 is 5.97 Å². The first-order valence-electron chi connectivity index (χ1n) is 42.2. The first-order valence-corrected chi connectivity index (χ1v) is 43.4. The molecule has 5 aromatic carbocycles. The average molecular weight is 1770 g/mol. The number of rotatable bonds is 46. The summed E-state index contributed by atoms with van der Waals surface area (Å²) in [7, 11) is 4.11. The highest BCUT2D eigenvalue weighted by atomic mass is 32.2. The van der Waals surface area contributed by atoms with Crippen molar-refractivity contribution in [3.8, 4) is 5.75 Å². The molecule has 2 aliphatic heterocycles. The molecule has 8 rings (SSSR count). The number of aliphatic hydroxyl groups is 1. The van der Waals surface area contributed by atoms with E-state index in [1.165, 1.54) is 61.3 Å². The quantitative estimate of drug-likeness (QED) is 0.0244. The largest absolute Gasteiger partial charge is 0.508 e. The molecule has 15 N–H and O–H groups in total. The van der Waals surface area contributed by atoms with Crippen molar-refractivity contribution in [3.63, 3.8) is 0 Å². The van der Waals surface area contributed by atoms with Gasteiger partial charge in [-0.3, -0.25) is 67.1 Å². The van der Waals surface area contributed by atoms with Crippen LogP contribution in [0.4, 0.5) is 8.78 Å². The summed E-state index contributed by atoms with van der Waals surface area (Å²) in [5.41, 5.74) is 14.9. The number of para-hydroxylation sites is 1. The zero-order chi connectivity index (χ0) is 92.3. The number of halogens is 2. The van der Waals surface area contributed by atoms with E-state index in [0.29, 0.717) is 52.4 Å². The zero-order valence-electron chi connectivity index (χ0n) is 72.3. The predicted octanol–water partition coefficient (Wildman–Crippen LogP) is 3.01. The Morgan fingerprint density at radius 3 is 1.76 bits per heavy atom. The molecule has 0 aliphatic carbocycles. The molecule has 2 fully saturated rings. The van der Waals surface area contributed by atoms with Crippen LogP contribution in [0.5, 0.6) is 5.75 Å². The van der Waals surface area contributed by atoms with E-state index in [2.05, 4.69) is 42.2 Å². The lowest BCUT2D eigenvalue weighted by Gasteiger charge is -2.38. The maximum atomic E-state index is 15.3. The number of nitrogens with two attached hydrogens (primary N) is 2. The third kappa shape index (κ3) is 28.2. The van der Waals surface area contributed by atoms with Gasteiger partial charge in [-0.05, 0) is 103 Å². The van der Waals surface area contributed by atoms with Gasteiger partial charge < -0.3 is 98.3 Å². The van der Waals surface area contributed by atoms with Gasteiger partial charge in [0.15, 0.2) is 11.6 Å². The van der Waals surface area contributed by atoms with Gasteiger partial charge in [0.1, 0.15) is 72.5 Å². The van der Waals surface area contributed by atoms with Gasteiger partial charge in [0.05, 0.1) is 36.8 Å². The number of β-amino-alcohol motifs (C(OH)–C–C–N with tert-alkyl or cyclic N) is 1. The number of likely N-dealkylation sites (N-methyl/N-ethyl adjacent to an activating group) is 3. The summed E-state index contributed by atoms with van der Waals surface area (Å²) in [6.45, 7) is 10.2. The number of benzene rings is 5. The molecule has 0 bridgehead atoms. The number of unbranched alkanes of at least 4 members (excludes halogenated alkanes) is 1. The second kappa shape index (κ2) is 47.2. The Balaban J connectivity index is 0.987. The number of aromatic nitrogens is 1. The van der Waals surface area contributed by atoms with Gasteiger partial charge in [0, 0.05) is 102 Å². The van der Waals surface area contributed by atoms with Crippen molar-refractivity contribution in [2.24, 2.45) is 23.3 Å². The number of aliphatic carboxylic acids is 1. The van der Waals surface area contributed by atoms with Gasteiger partial charge in [-0.25, -0.2) is 8.78 Å². The van der Waals surface area contributed by atoms with E-state index in [1.54, 1.807) is 126 Å². The number of hydrogen-bond acceptors (Lipinski definition) is 19. The number of amides is 13. The van der Waals surface area contributed by atoms with E-state index in [1.807, 2.05) is 6.92 Å². The molecule has 2 saturated heterocycles. The number of hydrogen-bond donors (Lipinski definition) is 13. The first-order chi connectivity index (χ1) is 59.9. The maximum absolute atomic E-state index is 15.3. The van der Waals surface area contributed by atoms with Crippen LogP contribution >= 0.6 is 11.8 Å². The number of likely N-dealkylation sites (tertiary alicyclic amines) is 2.